The monoisotopic (exact) mass is 515 g/mol. The fourth-order valence-corrected chi connectivity index (χ4v) is 6.11. The molecular weight excluding hydrogens is 486 g/mol. The van der Waals surface area contributed by atoms with Gasteiger partial charge in [-0.05, 0) is 67.9 Å². The maximum atomic E-state index is 13.7. The van der Waals surface area contributed by atoms with E-state index in [2.05, 4.69) is 4.72 Å². The van der Waals surface area contributed by atoms with Gasteiger partial charge in [0.2, 0.25) is 0 Å². The van der Waals surface area contributed by atoms with E-state index in [0.717, 1.165) is 35.1 Å². The van der Waals surface area contributed by atoms with Crippen molar-refractivity contribution >= 4 is 15.7 Å². The zero-order valence-electron chi connectivity index (χ0n) is 21.0. The molecule has 3 aromatic carbocycles. The topological polar surface area (TPSA) is 96.6 Å². The molecule has 0 atom stereocenters. The van der Waals surface area contributed by atoms with E-state index in [1.807, 2.05) is 81.4 Å². The minimum Gasteiger partial charge on any atom is -0.505 e. The third-order valence-electron chi connectivity index (χ3n) is 7.04. The lowest BCUT2D eigenvalue weighted by Gasteiger charge is -2.24. The molecule has 0 spiro atoms. The molecule has 6 nitrogen and oxygen atoms in total. The van der Waals surface area contributed by atoms with Crippen molar-refractivity contribution in [3.8, 4) is 16.9 Å². The summed E-state index contributed by atoms with van der Waals surface area (Å²) in [7, 11) is -4.25. The van der Waals surface area contributed by atoms with Crippen molar-refractivity contribution in [1.29, 1.82) is 0 Å². The van der Waals surface area contributed by atoms with E-state index in [1.54, 1.807) is 12.1 Å². The third kappa shape index (κ3) is 4.67. The predicted molar refractivity (Wildman–Crippen MR) is 145 cm³/mol. The average molecular weight is 516 g/mol. The van der Waals surface area contributed by atoms with E-state index < -0.39 is 32.5 Å². The Morgan fingerprint density at radius 3 is 2.16 bits per heavy atom. The second-order valence-electron chi connectivity index (χ2n) is 10.1. The Kier molecular flexibility index (Phi) is 6.20. The maximum absolute atomic E-state index is 13.7. The molecule has 0 aliphatic heterocycles. The van der Waals surface area contributed by atoms with Gasteiger partial charge in [-0.15, -0.1) is 0 Å². The molecule has 1 heterocycles. The number of hydrogen-bond donors (Lipinski definition) is 2. The number of anilines is 1. The second kappa shape index (κ2) is 9.23. The van der Waals surface area contributed by atoms with E-state index in [4.69, 9.17) is 4.42 Å². The summed E-state index contributed by atoms with van der Waals surface area (Å²) in [6.07, 6.45) is 2.00. The highest BCUT2D eigenvalue weighted by Crippen LogP contribution is 2.48. The minimum atomic E-state index is -4.25. The Bertz CT molecular complexity index is 1620. The Hall–Kier alpha value is -3.84. The molecule has 1 aliphatic carbocycles. The van der Waals surface area contributed by atoms with E-state index in [9.17, 15) is 18.3 Å². The van der Waals surface area contributed by atoms with E-state index in [0.29, 0.717) is 11.5 Å². The first-order chi connectivity index (χ1) is 17.6. The molecule has 190 valence electrons. The quantitative estimate of drug-likeness (QED) is 0.300. The van der Waals surface area contributed by atoms with Gasteiger partial charge >= 0.3 is 5.63 Å². The molecule has 7 heteroatoms. The van der Waals surface area contributed by atoms with Gasteiger partial charge in [0.25, 0.3) is 10.0 Å². The molecule has 2 N–H and O–H groups in total. The molecule has 1 fully saturated rings. The number of aromatic hydroxyl groups is 1. The molecule has 5 rings (SSSR count). The minimum absolute atomic E-state index is 0.0543. The van der Waals surface area contributed by atoms with E-state index in [1.165, 1.54) is 6.07 Å². The summed E-state index contributed by atoms with van der Waals surface area (Å²) in [6, 6.07) is 23.4. The molecule has 0 radical (unpaired) electrons. The summed E-state index contributed by atoms with van der Waals surface area (Å²) in [5.74, 6) is 0.0263. The van der Waals surface area contributed by atoms with Gasteiger partial charge < -0.3 is 9.52 Å². The SMILES string of the molecule is Cc1ccc(S(=O)(=O)Nc2c(O)cc(C(C)(C)c3ccccc3)oc2=O)c(-c2ccccc2)c1C1CC1. The zero-order chi connectivity index (χ0) is 26.4. The van der Waals surface area contributed by atoms with Gasteiger partial charge in [-0.2, -0.15) is 0 Å². The molecule has 0 amide bonds. The normalized spacial score (nSPS) is 13.9. The standard InChI is InChI=1S/C30H29NO5S/c1-19-14-17-24(27(26(19)21-15-16-21)20-10-6-4-7-11-20)37(34,35)31-28-23(32)18-25(36-29(28)33)30(2,3)22-12-8-5-9-13-22/h4-14,17-18,21,31-32H,15-16H2,1-3H3. The first-order valence-corrected chi connectivity index (χ1v) is 13.7. The van der Waals surface area contributed by atoms with Crippen LogP contribution in [0.25, 0.3) is 11.1 Å². The Labute approximate surface area is 216 Å². The molecule has 0 bridgehead atoms. The van der Waals surface area contributed by atoms with Crippen molar-refractivity contribution in [2.75, 3.05) is 4.72 Å². The van der Waals surface area contributed by atoms with Crippen molar-refractivity contribution < 1.29 is 17.9 Å². The molecule has 0 unspecified atom stereocenters. The largest absolute Gasteiger partial charge is 0.505 e. The van der Waals surface area contributed by atoms with Crippen LogP contribution in [0.4, 0.5) is 5.69 Å². The predicted octanol–water partition coefficient (Wildman–Crippen LogP) is 6.32. The highest BCUT2D eigenvalue weighted by atomic mass is 32.2. The van der Waals surface area contributed by atoms with Crippen molar-refractivity contribution in [3.63, 3.8) is 0 Å². The number of nitrogens with one attached hydrogen (secondary N) is 1. The zero-order valence-corrected chi connectivity index (χ0v) is 21.8. The number of hydrogen-bond acceptors (Lipinski definition) is 5. The van der Waals surface area contributed by atoms with Crippen molar-refractivity contribution in [2.45, 2.75) is 49.8 Å². The van der Waals surface area contributed by atoms with Crippen molar-refractivity contribution in [2.24, 2.45) is 0 Å². The van der Waals surface area contributed by atoms with Crippen LogP contribution in [-0.2, 0) is 15.4 Å². The van der Waals surface area contributed by atoms with Gasteiger partial charge in [0.05, 0.1) is 4.90 Å². The number of aryl methyl sites for hydroxylation is 1. The first-order valence-electron chi connectivity index (χ1n) is 12.2. The highest BCUT2D eigenvalue weighted by molar-refractivity contribution is 7.92. The summed E-state index contributed by atoms with van der Waals surface area (Å²) in [5.41, 5.74) is 2.11. The van der Waals surface area contributed by atoms with Gasteiger partial charge in [0.1, 0.15) is 5.76 Å². The summed E-state index contributed by atoms with van der Waals surface area (Å²) < 4.78 is 35.3. The fraction of sp³-hybridized carbons (Fsp3) is 0.233. The summed E-state index contributed by atoms with van der Waals surface area (Å²) in [5, 5.41) is 10.8. The second-order valence-corrected chi connectivity index (χ2v) is 11.7. The van der Waals surface area contributed by atoms with Gasteiger partial charge in [-0.3, -0.25) is 4.72 Å². The molecular formula is C30H29NO5S. The lowest BCUT2D eigenvalue weighted by molar-refractivity contribution is 0.381. The average Bonchev–Trinajstić information content (AvgIpc) is 3.72. The number of rotatable bonds is 7. The van der Waals surface area contributed by atoms with Crippen LogP contribution in [0.5, 0.6) is 5.75 Å². The van der Waals surface area contributed by atoms with Crippen LogP contribution in [0.2, 0.25) is 0 Å². The Balaban J connectivity index is 1.58. The number of sulfonamides is 1. The smallest absolute Gasteiger partial charge is 0.364 e. The van der Waals surface area contributed by atoms with Crippen LogP contribution >= 0.6 is 0 Å². The lowest BCUT2D eigenvalue weighted by atomic mass is 9.82. The van der Waals surface area contributed by atoms with Crippen LogP contribution in [-0.4, -0.2) is 13.5 Å². The van der Waals surface area contributed by atoms with Crippen LogP contribution < -0.4 is 10.3 Å². The molecule has 37 heavy (non-hydrogen) atoms. The lowest BCUT2D eigenvalue weighted by Crippen LogP contribution is -2.24. The van der Waals surface area contributed by atoms with Crippen LogP contribution in [0.15, 0.2) is 93.0 Å². The van der Waals surface area contributed by atoms with Gasteiger partial charge in [-0.1, -0.05) is 66.7 Å². The van der Waals surface area contributed by atoms with Crippen LogP contribution in [0.3, 0.4) is 0 Å². The molecule has 0 saturated heterocycles. The highest BCUT2D eigenvalue weighted by Gasteiger charge is 2.33. The summed E-state index contributed by atoms with van der Waals surface area (Å²) in [6.45, 7) is 5.71. The summed E-state index contributed by atoms with van der Waals surface area (Å²) in [4.78, 5) is 13.0. The van der Waals surface area contributed by atoms with Crippen molar-refractivity contribution in [1.82, 2.24) is 0 Å². The molecule has 1 aliphatic rings. The van der Waals surface area contributed by atoms with Crippen molar-refractivity contribution in [3.05, 3.63) is 112 Å². The maximum Gasteiger partial charge on any atom is 0.364 e. The Morgan fingerprint density at radius 2 is 1.57 bits per heavy atom. The van der Waals surface area contributed by atoms with Gasteiger partial charge in [0, 0.05) is 17.0 Å². The summed E-state index contributed by atoms with van der Waals surface area (Å²) >= 11 is 0. The molecule has 1 aromatic heterocycles. The third-order valence-corrected chi connectivity index (χ3v) is 8.43. The van der Waals surface area contributed by atoms with Crippen LogP contribution in [0, 0.1) is 6.92 Å². The Morgan fingerprint density at radius 1 is 0.946 bits per heavy atom. The van der Waals surface area contributed by atoms with Gasteiger partial charge in [-0.25, -0.2) is 13.2 Å². The van der Waals surface area contributed by atoms with Gasteiger partial charge in [0.15, 0.2) is 11.4 Å². The fourth-order valence-electron chi connectivity index (χ4n) is 4.80. The van der Waals surface area contributed by atoms with E-state index >= 15 is 0 Å². The molecule has 1 saturated carbocycles. The number of benzene rings is 3. The van der Waals surface area contributed by atoms with E-state index in [-0.39, 0.29) is 10.7 Å². The first kappa shape index (κ1) is 24.8. The van der Waals surface area contributed by atoms with Crippen LogP contribution in [0.1, 0.15) is 55.1 Å². The molecule has 4 aromatic rings.